The first-order chi connectivity index (χ1) is 10.5. The summed E-state index contributed by atoms with van der Waals surface area (Å²) in [6.45, 7) is 1.69. The molecule has 0 aliphatic carbocycles. The molecule has 0 saturated heterocycles. The quantitative estimate of drug-likeness (QED) is 0.910. The van der Waals surface area contributed by atoms with Crippen LogP contribution in [0.2, 0.25) is 5.02 Å². The van der Waals surface area contributed by atoms with E-state index in [1.54, 1.807) is 13.0 Å². The number of rotatable bonds is 2. The summed E-state index contributed by atoms with van der Waals surface area (Å²) in [6, 6.07) is 11.5. The number of hydrogen-bond acceptors (Lipinski definition) is 3. The third kappa shape index (κ3) is 2.53. The number of carbonyl (C=O) groups excluding carboxylic acids is 2. The molecule has 22 heavy (non-hydrogen) atoms. The van der Waals surface area contributed by atoms with Crippen LogP contribution in [-0.2, 0) is 11.2 Å². The Kier molecular flexibility index (Phi) is 3.98. The van der Waals surface area contributed by atoms with Crippen LogP contribution in [0.1, 0.15) is 34.3 Å². The van der Waals surface area contributed by atoms with Gasteiger partial charge >= 0.3 is 0 Å². The van der Waals surface area contributed by atoms with Crippen molar-refractivity contribution in [1.29, 1.82) is 0 Å². The highest BCUT2D eigenvalue weighted by Gasteiger charge is 2.26. The Balaban J connectivity index is 2.14. The van der Waals surface area contributed by atoms with Crippen molar-refractivity contribution in [3.8, 4) is 0 Å². The number of primary amides is 1. The predicted octanol–water partition coefficient (Wildman–Crippen LogP) is 3.82. The molecule has 2 aromatic carbocycles. The van der Waals surface area contributed by atoms with E-state index < -0.39 is 11.8 Å². The molecule has 0 bridgehead atoms. The van der Waals surface area contributed by atoms with E-state index in [4.69, 9.17) is 17.3 Å². The van der Waals surface area contributed by atoms with Gasteiger partial charge in [0.2, 0.25) is 5.91 Å². The first-order valence-corrected chi connectivity index (χ1v) is 8.09. The van der Waals surface area contributed by atoms with Gasteiger partial charge in [0.05, 0.1) is 16.5 Å². The molecule has 0 spiro atoms. The molecule has 2 aromatic rings. The Morgan fingerprint density at radius 1 is 1.23 bits per heavy atom. The first-order valence-electron chi connectivity index (χ1n) is 6.89. The molecule has 1 heterocycles. The summed E-state index contributed by atoms with van der Waals surface area (Å²) < 4.78 is 0. The van der Waals surface area contributed by atoms with Crippen LogP contribution in [0.3, 0.4) is 0 Å². The van der Waals surface area contributed by atoms with Gasteiger partial charge in [0, 0.05) is 16.2 Å². The molecular weight excluding hydrogens is 318 g/mol. The van der Waals surface area contributed by atoms with Gasteiger partial charge in [0.1, 0.15) is 0 Å². The van der Waals surface area contributed by atoms with Crippen molar-refractivity contribution in [2.24, 2.45) is 5.73 Å². The zero-order chi connectivity index (χ0) is 15.9. The van der Waals surface area contributed by atoms with Crippen molar-refractivity contribution in [3.05, 3.63) is 58.1 Å². The fourth-order valence-electron chi connectivity index (χ4n) is 2.54. The maximum atomic E-state index is 12.6. The molecule has 3 rings (SSSR count). The lowest BCUT2D eigenvalue weighted by Crippen LogP contribution is -2.19. The minimum absolute atomic E-state index is 0.0315. The molecule has 1 aliphatic heterocycles. The van der Waals surface area contributed by atoms with Crippen LogP contribution in [0.25, 0.3) is 0 Å². The van der Waals surface area contributed by atoms with Crippen molar-refractivity contribution in [2.45, 2.75) is 29.1 Å². The summed E-state index contributed by atoms with van der Waals surface area (Å²) in [5.41, 5.74) is 7.45. The lowest BCUT2D eigenvalue weighted by atomic mass is 9.95. The highest BCUT2D eigenvalue weighted by molar-refractivity contribution is 7.99. The van der Waals surface area contributed by atoms with Gasteiger partial charge in [0.15, 0.2) is 5.78 Å². The predicted molar refractivity (Wildman–Crippen MR) is 87.7 cm³/mol. The van der Waals surface area contributed by atoms with Crippen LogP contribution in [0.5, 0.6) is 0 Å². The summed E-state index contributed by atoms with van der Waals surface area (Å²) in [6.07, 6.45) is 0.310. The van der Waals surface area contributed by atoms with Gasteiger partial charge in [-0.15, -0.1) is 0 Å². The number of fused-ring (bicyclic) bond motifs is 2. The average molecular weight is 332 g/mol. The normalized spacial score (nSPS) is 14.7. The SMILES string of the molecule is CC(C(N)=O)c1ccc2c(c1Cl)C(=O)Cc1ccccc1S2. The molecule has 1 atom stereocenters. The Morgan fingerprint density at radius 3 is 2.68 bits per heavy atom. The topological polar surface area (TPSA) is 60.2 Å². The number of nitrogens with two attached hydrogens (primary N) is 1. The molecule has 2 N–H and O–H groups in total. The summed E-state index contributed by atoms with van der Waals surface area (Å²) in [4.78, 5) is 25.9. The second-order valence-electron chi connectivity index (χ2n) is 5.28. The van der Waals surface area contributed by atoms with E-state index in [0.717, 1.165) is 15.4 Å². The van der Waals surface area contributed by atoms with Crippen molar-refractivity contribution in [3.63, 3.8) is 0 Å². The van der Waals surface area contributed by atoms with Crippen molar-refractivity contribution in [1.82, 2.24) is 0 Å². The van der Waals surface area contributed by atoms with Gasteiger partial charge in [0.25, 0.3) is 0 Å². The minimum Gasteiger partial charge on any atom is -0.369 e. The van der Waals surface area contributed by atoms with Crippen molar-refractivity contribution >= 4 is 35.1 Å². The smallest absolute Gasteiger partial charge is 0.224 e. The molecular formula is C17H14ClNO2S. The second-order valence-corrected chi connectivity index (χ2v) is 6.74. The molecule has 1 unspecified atom stereocenters. The lowest BCUT2D eigenvalue weighted by Gasteiger charge is -2.14. The number of hydrogen-bond donors (Lipinski definition) is 1. The van der Waals surface area contributed by atoms with Gasteiger partial charge < -0.3 is 5.73 Å². The number of Topliss-reactive ketones (excluding diaryl/α,β-unsaturated/α-hetero) is 1. The van der Waals surface area contributed by atoms with E-state index in [0.29, 0.717) is 22.6 Å². The molecule has 1 aliphatic rings. The summed E-state index contributed by atoms with van der Waals surface area (Å²) >= 11 is 7.96. The Morgan fingerprint density at radius 2 is 1.95 bits per heavy atom. The van der Waals surface area contributed by atoms with Crippen molar-refractivity contribution in [2.75, 3.05) is 0 Å². The molecule has 0 fully saturated rings. The van der Waals surface area contributed by atoms with E-state index in [9.17, 15) is 9.59 Å². The Hall–Kier alpha value is -1.78. The van der Waals surface area contributed by atoms with Crippen LogP contribution in [-0.4, -0.2) is 11.7 Å². The zero-order valence-corrected chi connectivity index (χ0v) is 13.5. The Bertz CT molecular complexity index is 788. The van der Waals surface area contributed by atoms with E-state index in [2.05, 4.69) is 0 Å². The number of ketones is 1. The van der Waals surface area contributed by atoms with Crippen LogP contribution < -0.4 is 5.73 Å². The zero-order valence-electron chi connectivity index (χ0n) is 11.9. The molecule has 0 saturated carbocycles. The van der Waals surface area contributed by atoms with Crippen LogP contribution in [0, 0.1) is 0 Å². The summed E-state index contributed by atoms with van der Waals surface area (Å²) in [5.74, 6) is -1.02. The highest BCUT2D eigenvalue weighted by Crippen LogP contribution is 2.41. The highest BCUT2D eigenvalue weighted by atomic mass is 35.5. The van der Waals surface area contributed by atoms with Crippen LogP contribution in [0.4, 0.5) is 0 Å². The minimum atomic E-state index is -0.527. The van der Waals surface area contributed by atoms with Gasteiger partial charge in [-0.2, -0.15) is 0 Å². The third-order valence-corrected chi connectivity index (χ3v) is 5.43. The van der Waals surface area contributed by atoms with E-state index in [-0.39, 0.29) is 5.78 Å². The van der Waals surface area contributed by atoms with Crippen LogP contribution in [0.15, 0.2) is 46.2 Å². The molecule has 0 aromatic heterocycles. The van der Waals surface area contributed by atoms with E-state index in [1.165, 1.54) is 11.8 Å². The summed E-state index contributed by atoms with van der Waals surface area (Å²) in [7, 11) is 0. The second kappa shape index (κ2) is 5.78. The lowest BCUT2D eigenvalue weighted by molar-refractivity contribution is -0.119. The standard InChI is InChI=1S/C17H14ClNO2S/c1-9(17(19)21)11-6-7-14-15(16(11)18)12(20)8-10-4-2-3-5-13(10)22-14/h2-7,9H,8H2,1H3,(H2,19,21). The number of amides is 1. The molecule has 0 radical (unpaired) electrons. The van der Waals surface area contributed by atoms with Gasteiger partial charge in [-0.3, -0.25) is 9.59 Å². The number of benzene rings is 2. The molecule has 112 valence electrons. The maximum Gasteiger partial charge on any atom is 0.224 e. The monoisotopic (exact) mass is 331 g/mol. The number of carbonyl (C=O) groups is 2. The summed E-state index contributed by atoms with van der Waals surface area (Å²) in [5, 5.41) is 0.342. The fraction of sp³-hybridized carbons (Fsp3) is 0.176. The van der Waals surface area contributed by atoms with Gasteiger partial charge in [-0.1, -0.05) is 47.6 Å². The fourth-order valence-corrected chi connectivity index (χ4v) is 4.14. The maximum absolute atomic E-state index is 12.6. The number of halogens is 1. The molecule has 3 nitrogen and oxygen atoms in total. The largest absolute Gasteiger partial charge is 0.369 e. The average Bonchev–Trinajstić information content (AvgIpc) is 2.62. The van der Waals surface area contributed by atoms with E-state index >= 15 is 0 Å². The molecule has 1 amide bonds. The Labute approximate surface area is 137 Å². The first kappa shape index (κ1) is 15.1. The van der Waals surface area contributed by atoms with Crippen LogP contribution >= 0.6 is 23.4 Å². The third-order valence-electron chi connectivity index (χ3n) is 3.85. The van der Waals surface area contributed by atoms with E-state index in [1.807, 2.05) is 30.3 Å². The van der Waals surface area contributed by atoms with Crippen molar-refractivity contribution < 1.29 is 9.59 Å². The molecule has 5 heteroatoms. The van der Waals surface area contributed by atoms with Gasteiger partial charge in [-0.05, 0) is 30.2 Å². The van der Waals surface area contributed by atoms with Gasteiger partial charge in [-0.25, -0.2) is 0 Å².